The highest BCUT2D eigenvalue weighted by molar-refractivity contribution is 6.74. The quantitative estimate of drug-likeness (QED) is 0.454. The van der Waals surface area contributed by atoms with E-state index in [0.717, 1.165) is 23.1 Å². The highest BCUT2D eigenvalue weighted by Gasteiger charge is 2.38. The van der Waals surface area contributed by atoms with Gasteiger partial charge in [-0.2, -0.15) is 0 Å². The van der Waals surface area contributed by atoms with E-state index in [4.69, 9.17) is 13.9 Å². The Morgan fingerprint density at radius 2 is 1.78 bits per heavy atom. The van der Waals surface area contributed by atoms with Crippen molar-refractivity contribution in [3.63, 3.8) is 0 Å². The van der Waals surface area contributed by atoms with Gasteiger partial charge in [0.2, 0.25) is 0 Å². The first kappa shape index (κ1) is 26.4. The van der Waals surface area contributed by atoms with Crippen molar-refractivity contribution in [3.05, 3.63) is 42.2 Å². The van der Waals surface area contributed by atoms with Gasteiger partial charge in [-0.3, -0.25) is 4.98 Å². The molecule has 32 heavy (non-hydrogen) atoms. The maximum atomic E-state index is 9.70. The molecule has 176 valence electrons. The molecule has 0 saturated carbocycles. The lowest BCUT2D eigenvalue weighted by Gasteiger charge is -2.37. The van der Waals surface area contributed by atoms with Gasteiger partial charge in [-0.25, -0.2) is 0 Å². The molecular formula is C24H38BNO5Si. The predicted octanol–water partition coefficient (Wildman–Crippen LogP) is 5.12. The molecule has 0 aliphatic carbocycles. The van der Waals surface area contributed by atoms with Crippen LogP contribution in [0.15, 0.2) is 36.7 Å². The van der Waals surface area contributed by atoms with E-state index in [1.807, 2.05) is 24.3 Å². The van der Waals surface area contributed by atoms with Gasteiger partial charge in [-0.05, 0) is 60.2 Å². The molecule has 8 heteroatoms. The van der Waals surface area contributed by atoms with Gasteiger partial charge in [0.1, 0.15) is 0 Å². The second-order valence-corrected chi connectivity index (χ2v) is 14.5. The van der Waals surface area contributed by atoms with E-state index in [2.05, 4.69) is 45.8 Å². The highest BCUT2D eigenvalue weighted by atomic mass is 28.4. The average Bonchev–Trinajstić information content (AvgIpc) is 2.74. The molecule has 0 unspecified atom stereocenters. The van der Waals surface area contributed by atoms with Crippen LogP contribution in [0.25, 0.3) is 11.1 Å². The molecule has 2 rings (SSSR count). The van der Waals surface area contributed by atoms with E-state index in [0.29, 0.717) is 24.7 Å². The Kier molecular flexibility index (Phi) is 9.33. The van der Waals surface area contributed by atoms with Gasteiger partial charge in [-0.1, -0.05) is 33.8 Å². The maximum Gasteiger partial charge on any atom is 0.452 e. The number of hydrogen-bond acceptors (Lipinski definition) is 6. The number of rotatable bonds is 11. The van der Waals surface area contributed by atoms with E-state index in [9.17, 15) is 10.0 Å². The average molecular weight is 459 g/mol. The van der Waals surface area contributed by atoms with Crippen LogP contribution in [0.3, 0.4) is 0 Å². The minimum atomic E-state index is -1.97. The summed E-state index contributed by atoms with van der Waals surface area (Å²) in [5.41, 5.74) is 2.80. The van der Waals surface area contributed by atoms with Gasteiger partial charge in [0.05, 0.1) is 13.7 Å². The third-order valence-corrected chi connectivity index (χ3v) is 10.6. The number of hydrogen-bond donors (Lipinski definition) is 2. The summed E-state index contributed by atoms with van der Waals surface area (Å²) in [5.74, 6) is 1.21. The lowest BCUT2D eigenvalue weighted by atomic mass is 9.76. The largest absolute Gasteiger partial charge is 0.493 e. The minimum Gasteiger partial charge on any atom is -0.493 e. The molecule has 6 nitrogen and oxygen atoms in total. The Hall–Kier alpha value is -1.87. The van der Waals surface area contributed by atoms with E-state index in [1.54, 1.807) is 19.5 Å². The Labute approximate surface area is 194 Å². The zero-order valence-electron chi connectivity index (χ0n) is 20.5. The lowest BCUT2D eigenvalue weighted by Crippen LogP contribution is -2.42. The van der Waals surface area contributed by atoms with Crippen molar-refractivity contribution in [1.29, 1.82) is 0 Å². The fraction of sp³-hybridized carbons (Fsp3) is 0.542. The molecule has 0 aliphatic heterocycles. The number of aromatic nitrogens is 1. The number of methoxy groups -OCH3 is 1. The molecule has 1 aromatic carbocycles. The maximum absolute atomic E-state index is 9.70. The monoisotopic (exact) mass is 459 g/mol. The van der Waals surface area contributed by atoms with Crippen molar-refractivity contribution in [2.24, 2.45) is 0 Å². The summed E-state index contributed by atoms with van der Waals surface area (Å²) in [7, 11) is -1.76. The molecule has 2 N–H and O–H groups in total. The summed E-state index contributed by atoms with van der Waals surface area (Å²) >= 11 is 0. The first-order chi connectivity index (χ1) is 15.0. The van der Waals surface area contributed by atoms with E-state index < -0.39 is 15.4 Å². The van der Waals surface area contributed by atoms with Gasteiger partial charge in [0.25, 0.3) is 0 Å². The molecule has 0 amide bonds. The van der Waals surface area contributed by atoms with Crippen molar-refractivity contribution >= 4 is 15.4 Å². The first-order valence-corrected chi connectivity index (χ1v) is 14.2. The zero-order chi connectivity index (χ0) is 23.9. The van der Waals surface area contributed by atoms with E-state index >= 15 is 0 Å². The number of nitrogens with zero attached hydrogens (tertiary/aromatic N) is 1. The van der Waals surface area contributed by atoms with Crippen LogP contribution in [0.4, 0.5) is 0 Å². The van der Waals surface area contributed by atoms with Crippen LogP contribution in [-0.2, 0) is 4.43 Å². The summed E-state index contributed by atoms with van der Waals surface area (Å²) in [6.07, 6.45) is 4.68. The summed E-state index contributed by atoms with van der Waals surface area (Å²) in [5, 5.41) is 19.5. The Morgan fingerprint density at radius 3 is 2.38 bits per heavy atom. The Balaban J connectivity index is 2.33. The third-order valence-electron chi connectivity index (χ3n) is 6.14. The second kappa shape index (κ2) is 11.3. The number of ether oxygens (including phenoxy) is 2. The molecule has 0 bridgehead atoms. The molecule has 0 saturated heterocycles. The van der Waals surface area contributed by atoms with Crippen LogP contribution in [0.1, 0.15) is 45.6 Å². The Bertz CT molecular complexity index is 870. The highest BCUT2D eigenvalue weighted by Crippen LogP contribution is 2.38. The van der Waals surface area contributed by atoms with Crippen LogP contribution < -0.4 is 9.47 Å². The molecule has 2 aromatic rings. The van der Waals surface area contributed by atoms with Crippen molar-refractivity contribution in [2.75, 3.05) is 20.3 Å². The lowest BCUT2D eigenvalue weighted by molar-refractivity contribution is 0.262. The zero-order valence-corrected chi connectivity index (χ0v) is 21.5. The van der Waals surface area contributed by atoms with Crippen LogP contribution >= 0.6 is 0 Å². The van der Waals surface area contributed by atoms with Gasteiger partial charge < -0.3 is 23.9 Å². The second-order valence-electron chi connectivity index (χ2n) is 9.71. The molecule has 0 fully saturated rings. The van der Waals surface area contributed by atoms with Gasteiger partial charge in [0, 0.05) is 30.5 Å². The SMILES string of the molecule is CCCOc1cc(-c2cncc([C@H](CO[Si](C)(C)C(C)(C)C)CB(O)O)c2)ccc1OC. The van der Waals surface area contributed by atoms with Crippen molar-refractivity contribution in [2.45, 2.75) is 64.5 Å². The molecular weight excluding hydrogens is 421 g/mol. The minimum absolute atomic E-state index is 0.0768. The van der Waals surface area contributed by atoms with Crippen molar-refractivity contribution < 1.29 is 23.9 Å². The third kappa shape index (κ3) is 7.07. The fourth-order valence-electron chi connectivity index (χ4n) is 3.10. The van der Waals surface area contributed by atoms with Crippen LogP contribution in [0, 0.1) is 0 Å². The van der Waals surface area contributed by atoms with Gasteiger partial charge >= 0.3 is 7.12 Å². The molecule has 0 radical (unpaired) electrons. The number of pyridine rings is 1. The predicted molar refractivity (Wildman–Crippen MR) is 133 cm³/mol. The molecule has 0 spiro atoms. The topological polar surface area (TPSA) is 81.0 Å². The van der Waals surface area contributed by atoms with Gasteiger partial charge in [0.15, 0.2) is 19.8 Å². The summed E-state index contributed by atoms with van der Waals surface area (Å²) in [6.45, 7) is 14.1. The molecule has 1 atom stereocenters. The summed E-state index contributed by atoms with van der Waals surface area (Å²) in [6, 6.07) is 7.86. The summed E-state index contributed by atoms with van der Waals surface area (Å²) < 4.78 is 17.7. The fourth-order valence-corrected chi connectivity index (χ4v) is 4.15. The Morgan fingerprint density at radius 1 is 1.06 bits per heavy atom. The van der Waals surface area contributed by atoms with Gasteiger partial charge in [-0.15, -0.1) is 0 Å². The first-order valence-electron chi connectivity index (χ1n) is 11.2. The normalized spacial score (nSPS) is 13.0. The van der Waals surface area contributed by atoms with Crippen molar-refractivity contribution in [1.82, 2.24) is 4.98 Å². The standard InChI is InChI=1S/C24H38BNO5Si/c1-8-11-30-23-13-18(9-10-22(23)29-5)19-12-20(16-26-15-19)21(14-25(27)28)17-31-32(6,7)24(2,3)4/h9-10,12-13,15-16,21,27-28H,8,11,14,17H2,1-7H3/t21-/m0/s1. The smallest absolute Gasteiger partial charge is 0.452 e. The van der Waals surface area contributed by atoms with E-state index in [-0.39, 0.29) is 17.3 Å². The molecule has 0 aliphatic rings. The van der Waals surface area contributed by atoms with Crippen molar-refractivity contribution in [3.8, 4) is 22.6 Å². The molecule has 1 heterocycles. The summed E-state index contributed by atoms with van der Waals surface area (Å²) in [4.78, 5) is 4.44. The molecule has 1 aromatic heterocycles. The van der Waals surface area contributed by atoms with Crippen LogP contribution in [0.5, 0.6) is 11.5 Å². The number of benzene rings is 1. The van der Waals surface area contributed by atoms with Crippen LogP contribution in [-0.4, -0.2) is 50.8 Å². The van der Waals surface area contributed by atoms with E-state index in [1.165, 1.54) is 0 Å². The van der Waals surface area contributed by atoms with Crippen LogP contribution in [0.2, 0.25) is 24.5 Å².